The second kappa shape index (κ2) is 6.10. The van der Waals surface area contributed by atoms with E-state index < -0.39 is 0 Å². The molecule has 1 N–H and O–H groups in total. The summed E-state index contributed by atoms with van der Waals surface area (Å²) in [5.74, 6) is -0.264. The van der Waals surface area contributed by atoms with E-state index in [-0.39, 0.29) is 12.1 Å². The van der Waals surface area contributed by atoms with Crippen molar-refractivity contribution in [3.63, 3.8) is 0 Å². The lowest BCUT2D eigenvalue weighted by Crippen LogP contribution is -2.24. The summed E-state index contributed by atoms with van der Waals surface area (Å²) >= 11 is 0. The lowest BCUT2D eigenvalue weighted by atomic mass is 9.98. The van der Waals surface area contributed by atoms with Gasteiger partial charge in [-0.3, -0.25) is 0 Å². The normalized spacial score (nSPS) is 15.1. The molecule has 1 aliphatic heterocycles. The molecule has 1 unspecified atom stereocenters. The van der Waals surface area contributed by atoms with Gasteiger partial charge in [0.25, 0.3) is 0 Å². The van der Waals surface area contributed by atoms with E-state index in [1.165, 1.54) is 11.1 Å². The fraction of sp³-hybridized carbons (Fsp3) is 0.278. The molecule has 0 amide bonds. The maximum Gasteiger partial charge on any atom is 0.338 e. The molecule has 0 bridgehead atoms. The van der Waals surface area contributed by atoms with Gasteiger partial charge in [0.15, 0.2) is 0 Å². The molecule has 108 valence electrons. The smallest absolute Gasteiger partial charge is 0.338 e. The molecule has 1 atom stereocenters. The molecule has 0 aromatic heterocycles. The van der Waals surface area contributed by atoms with Gasteiger partial charge in [0.2, 0.25) is 0 Å². The van der Waals surface area contributed by atoms with E-state index in [0.29, 0.717) is 5.56 Å². The number of hydrogen-bond donors (Lipinski definition) is 1. The maximum atomic E-state index is 12.3. The van der Waals surface area contributed by atoms with Gasteiger partial charge in [-0.15, -0.1) is 0 Å². The molecule has 2 aromatic carbocycles. The van der Waals surface area contributed by atoms with Gasteiger partial charge < -0.3 is 10.1 Å². The van der Waals surface area contributed by atoms with Crippen LogP contribution in [0.1, 0.15) is 40.1 Å². The molecular weight excluding hydrogens is 262 g/mol. The number of esters is 1. The third-order valence-corrected chi connectivity index (χ3v) is 3.88. The summed E-state index contributed by atoms with van der Waals surface area (Å²) in [4.78, 5) is 12.3. The van der Waals surface area contributed by atoms with Crippen molar-refractivity contribution in [3.05, 3.63) is 70.8 Å². The molecule has 3 heteroatoms. The van der Waals surface area contributed by atoms with Crippen LogP contribution in [-0.4, -0.2) is 12.5 Å². The Morgan fingerprint density at radius 3 is 2.76 bits per heavy atom. The van der Waals surface area contributed by atoms with Crippen molar-refractivity contribution in [1.29, 1.82) is 0 Å². The van der Waals surface area contributed by atoms with Crippen LogP contribution in [0.2, 0.25) is 0 Å². The van der Waals surface area contributed by atoms with E-state index in [2.05, 4.69) is 5.32 Å². The van der Waals surface area contributed by atoms with Gasteiger partial charge in [-0.05, 0) is 48.7 Å². The van der Waals surface area contributed by atoms with Crippen molar-refractivity contribution < 1.29 is 9.53 Å². The second-order valence-electron chi connectivity index (χ2n) is 5.37. The number of benzene rings is 2. The second-order valence-corrected chi connectivity index (χ2v) is 5.37. The lowest BCUT2D eigenvalue weighted by molar-refractivity contribution is 0.0337. The molecule has 1 aliphatic rings. The third-order valence-electron chi connectivity index (χ3n) is 3.88. The van der Waals surface area contributed by atoms with Gasteiger partial charge in [-0.25, -0.2) is 4.79 Å². The highest BCUT2D eigenvalue weighted by Crippen LogP contribution is 2.20. The Morgan fingerprint density at radius 2 is 1.95 bits per heavy atom. The predicted octanol–water partition coefficient (Wildman–Crippen LogP) is 3.25. The zero-order valence-corrected chi connectivity index (χ0v) is 12.1. The fourth-order valence-corrected chi connectivity index (χ4v) is 2.63. The van der Waals surface area contributed by atoms with Gasteiger partial charge in [0, 0.05) is 6.54 Å². The quantitative estimate of drug-likeness (QED) is 0.878. The number of ether oxygens (including phenoxy) is 1. The van der Waals surface area contributed by atoms with Crippen molar-refractivity contribution in [2.24, 2.45) is 0 Å². The third kappa shape index (κ3) is 3.14. The van der Waals surface area contributed by atoms with E-state index >= 15 is 0 Å². The van der Waals surface area contributed by atoms with Crippen molar-refractivity contribution >= 4 is 5.97 Å². The van der Waals surface area contributed by atoms with Crippen LogP contribution in [-0.2, 0) is 17.7 Å². The largest absolute Gasteiger partial charge is 0.454 e. The Hall–Kier alpha value is -2.13. The van der Waals surface area contributed by atoms with Crippen LogP contribution in [0.5, 0.6) is 0 Å². The van der Waals surface area contributed by atoms with Crippen LogP contribution in [0, 0.1) is 0 Å². The van der Waals surface area contributed by atoms with Crippen molar-refractivity contribution in [1.82, 2.24) is 5.32 Å². The van der Waals surface area contributed by atoms with Crippen molar-refractivity contribution in [3.8, 4) is 0 Å². The number of nitrogens with one attached hydrogen (secondary N) is 1. The van der Waals surface area contributed by atoms with E-state index in [1.807, 2.05) is 55.5 Å². The summed E-state index contributed by atoms with van der Waals surface area (Å²) in [6.45, 7) is 3.72. The molecular formula is C18H19NO2. The highest BCUT2D eigenvalue weighted by molar-refractivity contribution is 5.90. The van der Waals surface area contributed by atoms with E-state index in [1.54, 1.807) is 0 Å². The van der Waals surface area contributed by atoms with Crippen LogP contribution in [0.15, 0.2) is 48.5 Å². The number of rotatable bonds is 3. The summed E-state index contributed by atoms with van der Waals surface area (Å²) < 4.78 is 5.55. The zero-order chi connectivity index (χ0) is 14.7. The number of hydrogen-bond acceptors (Lipinski definition) is 3. The van der Waals surface area contributed by atoms with Gasteiger partial charge >= 0.3 is 5.97 Å². The van der Waals surface area contributed by atoms with Gasteiger partial charge in [-0.1, -0.05) is 36.4 Å². The summed E-state index contributed by atoms with van der Waals surface area (Å²) in [5.41, 5.74) is 4.15. The summed E-state index contributed by atoms with van der Waals surface area (Å²) in [5, 5.41) is 3.32. The van der Waals surface area contributed by atoms with E-state index in [4.69, 9.17) is 4.74 Å². The molecule has 1 heterocycles. The highest BCUT2D eigenvalue weighted by atomic mass is 16.5. The summed E-state index contributed by atoms with van der Waals surface area (Å²) in [7, 11) is 0. The topological polar surface area (TPSA) is 38.3 Å². The molecule has 3 nitrogen and oxygen atoms in total. The molecule has 21 heavy (non-hydrogen) atoms. The van der Waals surface area contributed by atoms with Crippen molar-refractivity contribution in [2.75, 3.05) is 6.54 Å². The highest BCUT2D eigenvalue weighted by Gasteiger charge is 2.16. The minimum atomic E-state index is -0.264. The molecule has 0 radical (unpaired) electrons. The Balaban J connectivity index is 1.73. The van der Waals surface area contributed by atoms with Crippen LogP contribution >= 0.6 is 0 Å². The van der Waals surface area contributed by atoms with Crippen LogP contribution in [0.3, 0.4) is 0 Å². The average Bonchev–Trinajstić information content (AvgIpc) is 2.55. The molecule has 2 aromatic rings. The molecule has 0 saturated carbocycles. The number of carbonyl (C=O) groups is 1. The van der Waals surface area contributed by atoms with Gasteiger partial charge in [-0.2, -0.15) is 0 Å². The van der Waals surface area contributed by atoms with E-state index in [0.717, 1.165) is 25.1 Å². The molecule has 0 spiro atoms. The lowest BCUT2D eigenvalue weighted by Gasteiger charge is -2.18. The first-order chi connectivity index (χ1) is 10.2. The monoisotopic (exact) mass is 281 g/mol. The number of fused-ring (bicyclic) bond motifs is 1. The van der Waals surface area contributed by atoms with Crippen LogP contribution in [0.25, 0.3) is 0 Å². The molecule has 0 fully saturated rings. The molecule has 0 aliphatic carbocycles. The van der Waals surface area contributed by atoms with Gasteiger partial charge in [0.1, 0.15) is 6.10 Å². The molecule has 3 rings (SSSR count). The average molecular weight is 281 g/mol. The first-order valence-electron chi connectivity index (χ1n) is 7.32. The SMILES string of the molecule is CC(OC(=O)c1ccc2c(c1)CNCC2)c1ccccc1. The first-order valence-corrected chi connectivity index (χ1v) is 7.32. The predicted molar refractivity (Wildman–Crippen MR) is 82.1 cm³/mol. The van der Waals surface area contributed by atoms with Crippen LogP contribution < -0.4 is 5.32 Å². The Morgan fingerprint density at radius 1 is 1.14 bits per heavy atom. The summed E-state index contributed by atoms with van der Waals surface area (Å²) in [6.07, 6.45) is 0.776. The first kappa shape index (κ1) is 13.8. The minimum Gasteiger partial charge on any atom is -0.454 e. The Bertz CT molecular complexity index is 637. The fourth-order valence-electron chi connectivity index (χ4n) is 2.63. The standard InChI is InChI=1S/C18H19NO2/c1-13(14-5-3-2-4-6-14)21-18(20)16-8-7-15-9-10-19-12-17(15)11-16/h2-8,11,13,19H,9-10,12H2,1H3. The Labute approximate surface area is 124 Å². The number of carbonyl (C=O) groups excluding carboxylic acids is 1. The molecule has 0 saturated heterocycles. The van der Waals surface area contributed by atoms with Crippen LogP contribution in [0.4, 0.5) is 0 Å². The summed E-state index contributed by atoms with van der Waals surface area (Å²) in [6, 6.07) is 15.6. The van der Waals surface area contributed by atoms with Gasteiger partial charge in [0.05, 0.1) is 5.56 Å². The Kier molecular flexibility index (Phi) is 4.02. The maximum absolute atomic E-state index is 12.3. The van der Waals surface area contributed by atoms with E-state index in [9.17, 15) is 4.79 Å². The zero-order valence-electron chi connectivity index (χ0n) is 12.1. The van der Waals surface area contributed by atoms with Crippen molar-refractivity contribution in [2.45, 2.75) is 26.0 Å². The minimum absolute atomic E-state index is 0.243.